The maximum atomic E-state index is 13.7. The van der Waals surface area contributed by atoms with E-state index in [4.69, 9.17) is 0 Å². The van der Waals surface area contributed by atoms with E-state index in [0.717, 1.165) is 30.0 Å². The van der Waals surface area contributed by atoms with Gasteiger partial charge >= 0.3 is 0 Å². The zero-order chi connectivity index (χ0) is 21.4. The first-order chi connectivity index (χ1) is 14.3. The van der Waals surface area contributed by atoms with Gasteiger partial charge in [-0.05, 0) is 29.5 Å². The first-order valence-corrected chi connectivity index (χ1v) is 10.9. The van der Waals surface area contributed by atoms with E-state index in [1.807, 2.05) is 25.3 Å². The molecule has 11 heteroatoms. The molecule has 0 radical (unpaired) electrons. The highest BCUT2D eigenvalue weighted by Crippen LogP contribution is 2.25. The molecule has 3 heterocycles. The molecule has 4 rings (SSSR count). The van der Waals surface area contributed by atoms with Gasteiger partial charge in [-0.2, -0.15) is 0 Å². The van der Waals surface area contributed by atoms with Gasteiger partial charge in [-0.3, -0.25) is 18.6 Å². The van der Waals surface area contributed by atoms with Crippen molar-refractivity contribution in [1.82, 2.24) is 19.2 Å². The predicted molar refractivity (Wildman–Crippen MR) is 113 cm³/mol. The number of hydrogen-bond donors (Lipinski definition) is 1. The second-order valence-corrected chi connectivity index (χ2v) is 8.88. The lowest BCUT2D eigenvalue weighted by Crippen LogP contribution is -2.24. The van der Waals surface area contributed by atoms with Crippen molar-refractivity contribution in [2.75, 3.05) is 11.1 Å². The quantitative estimate of drug-likeness (QED) is 0.453. The smallest absolute Gasteiger partial charge is 0.272 e. The Bertz CT molecular complexity index is 1310. The summed E-state index contributed by atoms with van der Waals surface area (Å²) >= 11 is 2.43. The Balaban J connectivity index is 1.64. The lowest BCUT2D eigenvalue weighted by atomic mass is 10.2. The molecule has 0 saturated carbocycles. The summed E-state index contributed by atoms with van der Waals surface area (Å²) in [6, 6.07) is 4.66. The molecule has 0 aliphatic carbocycles. The molecule has 0 atom stereocenters. The van der Waals surface area contributed by atoms with Crippen molar-refractivity contribution >= 4 is 50.7 Å². The number of benzene rings is 1. The number of thioether (sulfide) groups is 1. The summed E-state index contributed by atoms with van der Waals surface area (Å²) in [4.78, 5) is 25.1. The predicted octanol–water partition coefficient (Wildman–Crippen LogP) is 3.77. The van der Waals surface area contributed by atoms with E-state index in [2.05, 4.69) is 15.5 Å². The van der Waals surface area contributed by atoms with Crippen molar-refractivity contribution in [3.05, 3.63) is 51.6 Å². The van der Waals surface area contributed by atoms with Crippen LogP contribution in [-0.2, 0) is 11.3 Å². The van der Waals surface area contributed by atoms with Gasteiger partial charge in [0.25, 0.3) is 5.56 Å². The molecule has 0 aliphatic rings. The Kier molecular flexibility index (Phi) is 5.56. The third kappa shape index (κ3) is 3.82. The number of amides is 1. The second-order valence-electron chi connectivity index (χ2n) is 7.02. The van der Waals surface area contributed by atoms with Crippen molar-refractivity contribution in [3.63, 3.8) is 0 Å². The number of nitrogens with one attached hydrogen (secondary N) is 1. The summed E-state index contributed by atoms with van der Waals surface area (Å²) in [5.74, 6) is -1.35. The summed E-state index contributed by atoms with van der Waals surface area (Å²) in [6.07, 6.45) is 0. The number of nitrogens with zero attached hydrogens (tertiary/aromatic N) is 4. The number of carbonyl (C=O) groups excluding carboxylic acids is 1. The van der Waals surface area contributed by atoms with E-state index in [-0.39, 0.29) is 22.9 Å². The lowest BCUT2D eigenvalue weighted by molar-refractivity contribution is -0.113. The van der Waals surface area contributed by atoms with Crippen molar-refractivity contribution in [3.8, 4) is 0 Å². The average molecular weight is 450 g/mol. The summed E-state index contributed by atoms with van der Waals surface area (Å²) in [5.41, 5.74) is 0.325. The highest BCUT2D eigenvalue weighted by molar-refractivity contribution is 7.99. The van der Waals surface area contributed by atoms with Crippen molar-refractivity contribution in [1.29, 1.82) is 0 Å². The summed E-state index contributed by atoms with van der Waals surface area (Å²) in [5, 5.41) is 12.9. The third-order valence-electron chi connectivity index (χ3n) is 4.27. The van der Waals surface area contributed by atoms with Crippen molar-refractivity contribution in [2.24, 2.45) is 5.92 Å². The normalized spacial score (nSPS) is 11.6. The van der Waals surface area contributed by atoms with Crippen LogP contribution in [0, 0.1) is 17.6 Å². The van der Waals surface area contributed by atoms with Crippen LogP contribution in [0.1, 0.15) is 13.8 Å². The summed E-state index contributed by atoms with van der Waals surface area (Å²) < 4.78 is 30.9. The van der Waals surface area contributed by atoms with E-state index in [0.29, 0.717) is 27.7 Å². The van der Waals surface area contributed by atoms with Gasteiger partial charge in [0, 0.05) is 12.6 Å². The molecule has 0 saturated heterocycles. The van der Waals surface area contributed by atoms with Crippen LogP contribution in [0.3, 0.4) is 0 Å². The second kappa shape index (κ2) is 8.15. The molecule has 0 spiro atoms. The van der Waals surface area contributed by atoms with E-state index in [1.165, 1.54) is 11.3 Å². The van der Waals surface area contributed by atoms with E-state index in [9.17, 15) is 18.4 Å². The summed E-state index contributed by atoms with van der Waals surface area (Å²) in [7, 11) is 0. The van der Waals surface area contributed by atoms with Gasteiger partial charge in [0.2, 0.25) is 11.7 Å². The van der Waals surface area contributed by atoms with E-state index < -0.39 is 17.5 Å². The van der Waals surface area contributed by atoms with Gasteiger partial charge in [-0.15, -0.1) is 21.5 Å². The molecule has 0 fully saturated rings. The molecule has 0 bridgehead atoms. The van der Waals surface area contributed by atoms with Gasteiger partial charge in [-0.25, -0.2) is 8.78 Å². The maximum absolute atomic E-state index is 13.7. The number of anilines is 1. The van der Waals surface area contributed by atoms with Gasteiger partial charge in [-0.1, -0.05) is 25.6 Å². The lowest BCUT2D eigenvalue weighted by Gasteiger charge is -2.11. The SMILES string of the molecule is CC(C)Cn1c(=O)c2sccc2n2c(SCC(=O)Nc3cc(F)ccc3F)nnc12. The topological polar surface area (TPSA) is 81.3 Å². The molecule has 7 nitrogen and oxygen atoms in total. The molecule has 30 heavy (non-hydrogen) atoms. The third-order valence-corrected chi connectivity index (χ3v) is 6.09. The Morgan fingerprint density at radius 3 is 2.83 bits per heavy atom. The molecular formula is C19H17F2N5O2S2. The fourth-order valence-electron chi connectivity index (χ4n) is 3.03. The van der Waals surface area contributed by atoms with Crippen LogP contribution in [0.25, 0.3) is 16.0 Å². The van der Waals surface area contributed by atoms with Crippen LogP contribution >= 0.6 is 23.1 Å². The van der Waals surface area contributed by atoms with Gasteiger partial charge < -0.3 is 5.32 Å². The number of thiophene rings is 1. The Morgan fingerprint density at radius 1 is 1.27 bits per heavy atom. The first kappa shape index (κ1) is 20.5. The van der Waals surface area contributed by atoms with Crippen molar-refractivity contribution in [2.45, 2.75) is 25.5 Å². The number of halogens is 2. The van der Waals surface area contributed by atoms with Crippen LogP contribution in [0.5, 0.6) is 0 Å². The molecule has 1 N–H and O–H groups in total. The molecule has 156 valence electrons. The van der Waals surface area contributed by atoms with Crippen LogP contribution in [0.2, 0.25) is 0 Å². The van der Waals surface area contributed by atoms with Gasteiger partial charge in [0.05, 0.1) is 17.0 Å². The molecule has 0 unspecified atom stereocenters. The maximum Gasteiger partial charge on any atom is 0.272 e. The van der Waals surface area contributed by atoms with Crippen LogP contribution < -0.4 is 10.9 Å². The number of rotatable bonds is 6. The fraction of sp³-hybridized carbons (Fsp3) is 0.263. The Labute approximate surface area is 177 Å². The Morgan fingerprint density at radius 2 is 2.07 bits per heavy atom. The molecule has 1 amide bonds. The standard InChI is InChI=1S/C19H17F2N5O2S2/c1-10(2)8-25-17(28)16-14(5-6-29-16)26-18(25)23-24-19(26)30-9-15(27)22-13-7-11(20)3-4-12(13)21/h3-7,10H,8-9H2,1-2H3,(H,22,27). The largest absolute Gasteiger partial charge is 0.323 e. The van der Waals surface area contributed by atoms with Gasteiger partial charge in [0.15, 0.2) is 5.16 Å². The van der Waals surface area contributed by atoms with E-state index >= 15 is 0 Å². The highest BCUT2D eigenvalue weighted by atomic mass is 32.2. The minimum Gasteiger partial charge on any atom is -0.323 e. The molecular weight excluding hydrogens is 432 g/mol. The average Bonchev–Trinajstić information content (AvgIpc) is 3.33. The minimum absolute atomic E-state index is 0.0916. The van der Waals surface area contributed by atoms with Crippen LogP contribution in [-0.4, -0.2) is 30.8 Å². The highest BCUT2D eigenvalue weighted by Gasteiger charge is 2.19. The number of hydrogen-bond acceptors (Lipinski definition) is 6. The van der Waals surface area contributed by atoms with Gasteiger partial charge in [0.1, 0.15) is 16.3 Å². The molecule has 3 aromatic heterocycles. The first-order valence-electron chi connectivity index (χ1n) is 9.08. The monoisotopic (exact) mass is 449 g/mol. The van der Waals surface area contributed by atoms with Crippen LogP contribution in [0.15, 0.2) is 39.6 Å². The molecule has 0 aliphatic heterocycles. The van der Waals surface area contributed by atoms with E-state index in [1.54, 1.807) is 8.97 Å². The number of aromatic nitrogens is 4. The zero-order valence-corrected chi connectivity index (χ0v) is 17.7. The molecule has 4 aromatic rings. The fourth-order valence-corrected chi connectivity index (χ4v) is 4.60. The summed E-state index contributed by atoms with van der Waals surface area (Å²) in [6.45, 7) is 4.49. The molecule has 1 aromatic carbocycles. The number of carbonyl (C=O) groups is 1. The minimum atomic E-state index is -0.722. The number of fused-ring (bicyclic) bond motifs is 3. The zero-order valence-electron chi connectivity index (χ0n) is 16.1. The van der Waals surface area contributed by atoms with Crippen LogP contribution in [0.4, 0.5) is 14.5 Å². The van der Waals surface area contributed by atoms with Crippen molar-refractivity contribution < 1.29 is 13.6 Å². The Hall–Kier alpha value is -2.79.